The normalized spacial score (nSPS) is 27.1. The zero-order chi connectivity index (χ0) is 21.8. The second-order valence-corrected chi connectivity index (χ2v) is 9.70. The minimum Gasteiger partial charge on any atom is -0.452 e. The molecule has 0 spiro atoms. The number of esters is 1. The Bertz CT molecular complexity index is 593. The first kappa shape index (κ1) is 23.5. The number of carbonyl (C=O) groups is 3. The van der Waals surface area contributed by atoms with Crippen LogP contribution in [0, 0.1) is 17.8 Å². The molecule has 166 valence electrons. The second kappa shape index (κ2) is 9.81. The van der Waals surface area contributed by atoms with Crippen LogP contribution in [0.25, 0.3) is 0 Å². The molecule has 0 radical (unpaired) electrons. The average Bonchev–Trinajstić information content (AvgIpc) is 2.64. The number of hydrogen-bond donors (Lipinski definition) is 1. The highest BCUT2D eigenvalue weighted by atomic mass is 16.6. The van der Waals surface area contributed by atoms with Gasteiger partial charge in [-0.3, -0.25) is 9.59 Å². The Morgan fingerprint density at radius 1 is 1.03 bits per heavy atom. The minimum atomic E-state index is -0.809. The van der Waals surface area contributed by atoms with Gasteiger partial charge in [-0.15, -0.1) is 0 Å². The van der Waals surface area contributed by atoms with Crippen LogP contribution in [0.1, 0.15) is 73.6 Å². The van der Waals surface area contributed by atoms with E-state index in [1.54, 1.807) is 11.8 Å². The Labute approximate surface area is 174 Å². The lowest BCUT2D eigenvalue weighted by Gasteiger charge is -2.35. The van der Waals surface area contributed by atoms with E-state index >= 15 is 0 Å². The monoisotopic (exact) mass is 410 g/mol. The zero-order valence-electron chi connectivity index (χ0n) is 18.8. The van der Waals surface area contributed by atoms with Crippen molar-refractivity contribution in [2.75, 3.05) is 13.1 Å². The molecule has 2 rings (SSSR count). The molecule has 0 bridgehead atoms. The molecule has 7 nitrogen and oxygen atoms in total. The molecule has 0 unspecified atom stereocenters. The molecule has 2 aliphatic rings. The van der Waals surface area contributed by atoms with E-state index in [4.69, 9.17) is 9.47 Å². The summed E-state index contributed by atoms with van der Waals surface area (Å²) in [5.41, 5.74) is -0.538. The molecule has 0 aromatic heterocycles. The van der Waals surface area contributed by atoms with Crippen LogP contribution < -0.4 is 5.32 Å². The summed E-state index contributed by atoms with van der Waals surface area (Å²) in [4.78, 5) is 38.7. The summed E-state index contributed by atoms with van der Waals surface area (Å²) in [5, 5.41) is 3.07. The van der Waals surface area contributed by atoms with Crippen LogP contribution in [0.5, 0.6) is 0 Å². The molecule has 1 N–H and O–H groups in total. The third kappa shape index (κ3) is 6.89. The molecule has 1 saturated heterocycles. The number of carbonyl (C=O) groups excluding carboxylic acids is 3. The van der Waals surface area contributed by atoms with Crippen molar-refractivity contribution in [1.82, 2.24) is 10.2 Å². The molecule has 7 heteroatoms. The van der Waals surface area contributed by atoms with Gasteiger partial charge in [0.2, 0.25) is 0 Å². The van der Waals surface area contributed by atoms with Crippen molar-refractivity contribution < 1.29 is 23.9 Å². The van der Waals surface area contributed by atoms with Crippen LogP contribution in [-0.2, 0) is 19.1 Å². The van der Waals surface area contributed by atoms with Gasteiger partial charge >= 0.3 is 12.1 Å². The summed E-state index contributed by atoms with van der Waals surface area (Å²) in [5.74, 6) is 0.129. The lowest BCUT2D eigenvalue weighted by atomic mass is 9.78. The number of likely N-dealkylation sites (tertiary alicyclic amines) is 1. The maximum absolute atomic E-state index is 12.5. The van der Waals surface area contributed by atoms with Gasteiger partial charge in [0.05, 0.1) is 5.92 Å². The van der Waals surface area contributed by atoms with Crippen LogP contribution in [0.3, 0.4) is 0 Å². The third-order valence-electron chi connectivity index (χ3n) is 6.18. The number of nitrogens with one attached hydrogen (secondary N) is 1. The minimum absolute atomic E-state index is 0.143. The van der Waals surface area contributed by atoms with Gasteiger partial charge < -0.3 is 19.7 Å². The van der Waals surface area contributed by atoms with Crippen LogP contribution in [-0.4, -0.2) is 53.7 Å². The Kier molecular flexibility index (Phi) is 7.94. The fourth-order valence-electron chi connectivity index (χ4n) is 4.03. The van der Waals surface area contributed by atoms with Gasteiger partial charge in [-0.1, -0.05) is 26.7 Å². The number of ether oxygens (including phenoxy) is 2. The number of nitrogens with zero attached hydrogens (tertiary/aromatic N) is 1. The standard InChI is InChI=1S/C22H38N2O5/c1-14-8-7-9-18(15(14)2)23-19(25)16(3)28-20(26)17-10-12-24(13-11-17)21(27)29-22(4,5)6/h14-18H,7-13H2,1-6H3,(H,23,25)/t14-,15+,16+,18+/m0/s1. The summed E-state index contributed by atoms with van der Waals surface area (Å²) in [7, 11) is 0. The van der Waals surface area contributed by atoms with E-state index in [-0.39, 0.29) is 29.9 Å². The van der Waals surface area contributed by atoms with Crippen molar-refractivity contribution in [3.8, 4) is 0 Å². The first-order valence-corrected chi connectivity index (χ1v) is 11.0. The molecule has 2 fully saturated rings. The fourth-order valence-corrected chi connectivity index (χ4v) is 4.03. The smallest absolute Gasteiger partial charge is 0.410 e. The molecular weight excluding hydrogens is 372 g/mol. The van der Waals surface area contributed by atoms with E-state index in [0.29, 0.717) is 37.8 Å². The first-order chi connectivity index (χ1) is 13.5. The predicted molar refractivity (Wildman–Crippen MR) is 110 cm³/mol. The summed E-state index contributed by atoms with van der Waals surface area (Å²) in [6.07, 6.45) is 3.15. The topological polar surface area (TPSA) is 84.9 Å². The molecule has 29 heavy (non-hydrogen) atoms. The molecule has 1 heterocycles. The Balaban J connectivity index is 1.77. The quantitative estimate of drug-likeness (QED) is 0.717. The van der Waals surface area contributed by atoms with Gasteiger partial charge in [0.15, 0.2) is 6.10 Å². The van der Waals surface area contributed by atoms with Gasteiger partial charge in [0.25, 0.3) is 5.91 Å². The highest BCUT2D eigenvalue weighted by molar-refractivity contribution is 5.84. The summed E-state index contributed by atoms with van der Waals surface area (Å²) >= 11 is 0. The fraction of sp³-hybridized carbons (Fsp3) is 0.864. The molecule has 0 aromatic rings. The highest BCUT2D eigenvalue weighted by Crippen LogP contribution is 2.29. The Morgan fingerprint density at radius 2 is 1.66 bits per heavy atom. The molecule has 1 saturated carbocycles. The number of rotatable bonds is 4. The Morgan fingerprint density at radius 3 is 2.24 bits per heavy atom. The number of piperidine rings is 1. The maximum Gasteiger partial charge on any atom is 0.410 e. The van der Waals surface area contributed by atoms with Crippen LogP contribution >= 0.6 is 0 Å². The molecule has 1 aliphatic heterocycles. The van der Waals surface area contributed by atoms with Gasteiger partial charge in [0, 0.05) is 19.1 Å². The Hall–Kier alpha value is -1.79. The second-order valence-electron chi connectivity index (χ2n) is 9.70. The van der Waals surface area contributed by atoms with Crippen molar-refractivity contribution in [2.45, 2.75) is 91.4 Å². The summed E-state index contributed by atoms with van der Waals surface area (Å²) in [6.45, 7) is 12.4. The van der Waals surface area contributed by atoms with Crippen LogP contribution in [0.4, 0.5) is 4.79 Å². The van der Waals surface area contributed by atoms with Crippen molar-refractivity contribution >= 4 is 18.0 Å². The van der Waals surface area contributed by atoms with E-state index in [2.05, 4.69) is 19.2 Å². The van der Waals surface area contributed by atoms with Crippen molar-refractivity contribution in [3.05, 3.63) is 0 Å². The SMILES string of the molecule is C[C@@H]1[C@@H](C)CCC[C@H]1NC(=O)[C@@H](C)OC(=O)C1CCN(C(=O)OC(C)(C)C)CC1. The van der Waals surface area contributed by atoms with Gasteiger partial charge in [0.1, 0.15) is 5.60 Å². The summed E-state index contributed by atoms with van der Waals surface area (Å²) < 4.78 is 10.8. The van der Waals surface area contributed by atoms with Gasteiger partial charge in [-0.2, -0.15) is 0 Å². The van der Waals surface area contributed by atoms with Gasteiger partial charge in [-0.25, -0.2) is 4.79 Å². The zero-order valence-corrected chi connectivity index (χ0v) is 18.8. The molecular formula is C22H38N2O5. The van der Waals surface area contributed by atoms with Gasteiger partial charge in [-0.05, 0) is 58.8 Å². The largest absolute Gasteiger partial charge is 0.452 e. The van der Waals surface area contributed by atoms with E-state index in [1.807, 2.05) is 20.8 Å². The van der Waals surface area contributed by atoms with Crippen molar-refractivity contribution in [3.63, 3.8) is 0 Å². The number of hydrogen-bond acceptors (Lipinski definition) is 5. The molecule has 4 atom stereocenters. The number of amides is 2. The van der Waals surface area contributed by atoms with Crippen LogP contribution in [0.15, 0.2) is 0 Å². The van der Waals surface area contributed by atoms with Crippen LogP contribution in [0.2, 0.25) is 0 Å². The van der Waals surface area contributed by atoms with E-state index in [1.165, 1.54) is 6.42 Å². The average molecular weight is 411 g/mol. The maximum atomic E-state index is 12.5. The van der Waals surface area contributed by atoms with E-state index < -0.39 is 11.7 Å². The van der Waals surface area contributed by atoms with E-state index in [0.717, 1.165) is 12.8 Å². The lowest BCUT2D eigenvalue weighted by Crippen LogP contribution is -2.48. The lowest BCUT2D eigenvalue weighted by molar-refractivity contribution is -0.160. The molecule has 1 aliphatic carbocycles. The predicted octanol–water partition coefficient (Wildman–Crippen LogP) is 3.51. The van der Waals surface area contributed by atoms with E-state index in [9.17, 15) is 14.4 Å². The molecule has 2 amide bonds. The first-order valence-electron chi connectivity index (χ1n) is 11.0. The summed E-state index contributed by atoms with van der Waals surface area (Å²) in [6, 6.07) is 0.143. The third-order valence-corrected chi connectivity index (χ3v) is 6.18. The highest BCUT2D eigenvalue weighted by Gasteiger charge is 2.33. The van der Waals surface area contributed by atoms with Crippen molar-refractivity contribution in [2.24, 2.45) is 17.8 Å². The molecule has 0 aromatic carbocycles. The van der Waals surface area contributed by atoms with Crippen molar-refractivity contribution in [1.29, 1.82) is 0 Å².